The predicted molar refractivity (Wildman–Crippen MR) is 79.9 cm³/mol. The number of nitrogens with zero attached hydrogens (tertiary/aromatic N) is 3. The molecule has 0 aliphatic heterocycles. The van der Waals surface area contributed by atoms with E-state index < -0.39 is 6.36 Å². The van der Waals surface area contributed by atoms with Crippen molar-refractivity contribution in [3.63, 3.8) is 0 Å². The summed E-state index contributed by atoms with van der Waals surface area (Å²) in [4.78, 5) is 3.35. The summed E-state index contributed by atoms with van der Waals surface area (Å²) in [6.07, 6.45) is -4.76. The molecule has 1 aromatic heterocycles. The molecule has 3 aromatic rings. The molecule has 122 valence electrons. The first kappa shape index (κ1) is 15.8. The van der Waals surface area contributed by atoms with E-state index >= 15 is 0 Å². The van der Waals surface area contributed by atoms with Gasteiger partial charge in [-0.25, -0.2) is 0 Å². The third kappa shape index (κ3) is 2.89. The molecule has 0 fully saturated rings. The second-order valence-electron chi connectivity index (χ2n) is 4.86. The number of aromatic nitrogens is 2. The van der Waals surface area contributed by atoms with Gasteiger partial charge >= 0.3 is 12.2 Å². The maximum atomic E-state index is 12.2. The van der Waals surface area contributed by atoms with Crippen LogP contribution < -0.4 is 4.74 Å². The third-order valence-corrected chi connectivity index (χ3v) is 3.37. The second kappa shape index (κ2) is 5.86. The SMILES string of the molecule is [C-]#[N+]c1nn(-c2ccc(OC(F)(F)F)cc2)c2cccc(CO)c12. The molecular formula is C16H10F3N3O2. The number of aliphatic hydroxyl groups is 1. The van der Waals surface area contributed by atoms with Gasteiger partial charge in [-0.15, -0.1) is 13.2 Å². The molecule has 0 aliphatic rings. The largest absolute Gasteiger partial charge is 0.573 e. The van der Waals surface area contributed by atoms with Gasteiger partial charge in [-0.05, 0) is 41.0 Å². The van der Waals surface area contributed by atoms with Crippen molar-refractivity contribution in [1.82, 2.24) is 9.78 Å². The van der Waals surface area contributed by atoms with Gasteiger partial charge in [0.1, 0.15) is 5.75 Å². The number of ether oxygens (including phenoxy) is 1. The minimum Gasteiger partial charge on any atom is -0.406 e. The van der Waals surface area contributed by atoms with Crippen LogP contribution >= 0.6 is 0 Å². The average molecular weight is 333 g/mol. The van der Waals surface area contributed by atoms with Crippen LogP contribution in [0.5, 0.6) is 5.75 Å². The molecule has 0 amide bonds. The third-order valence-electron chi connectivity index (χ3n) is 3.37. The summed E-state index contributed by atoms with van der Waals surface area (Å²) >= 11 is 0. The van der Waals surface area contributed by atoms with Gasteiger partial charge in [0, 0.05) is 5.39 Å². The Morgan fingerprint density at radius 1 is 1.17 bits per heavy atom. The quantitative estimate of drug-likeness (QED) is 0.738. The van der Waals surface area contributed by atoms with E-state index in [-0.39, 0.29) is 18.2 Å². The summed E-state index contributed by atoms with van der Waals surface area (Å²) in [6.45, 7) is 6.98. The molecular weight excluding hydrogens is 323 g/mol. The fourth-order valence-corrected chi connectivity index (χ4v) is 2.42. The maximum Gasteiger partial charge on any atom is 0.573 e. The first-order valence-corrected chi connectivity index (χ1v) is 6.78. The predicted octanol–water partition coefficient (Wildman–Crippen LogP) is 3.97. The van der Waals surface area contributed by atoms with Crippen molar-refractivity contribution < 1.29 is 23.0 Å². The Bertz CT molecular complexity index is 925. The minimum absolute atomic E-state index is 0.116. The molecule has 2 aromatic carbocycles. The number of aliphatic hydroxyl groups excluding tert-OH is 1. The Labute approximate surface area is 134 Å². The lowest BCUT2D eigenvalue weighted by molar-refractivity contribution is -0.274. The van der Waals surface area contributed by atoms with Crippen molar-refractivity contribution in [2.45, 2.75) is 13.0 Å². The number of hydrogen-bond donors (Lipinski definition) is 1. The Balaban J connectivity index is 2.09. The first-order chi connectivity index (χ1) is 11.4. The molecule has 5 nitrogen and oxygen atoms in total. The van der Waals surface area contributed by atoms with E-state index in [0.29, 0.717) is 22.2 Å². The summed E-state index contributed by atoms with van der Waals surface area (Å²) < 4.78 is 41.9. The van der Waals surface area contributed by atoms with Crippen LogP contribution in [0.4, 0.5) is 19.0 Å². The fraction of sp³-hybridized carbons (Fsp3) is 0.125. The summed E-state index contributed by atoms with van der Waals surface area (Å²) in [7, 11) is 0. The van der Waals surface area contributed by atoms with Crippen LogP contribution in [0.15, 0.2) is 42.5 Å². The van der Waals surface area contributed by atoms with E-state index in [4.69, 9.17) is 6.57 Å². The molecule has 1 heterocycles. The Hall–Kier alpha value is -3.05. The zero-order valence-electron chi connectivity index (χ0n) is 12.1. The van der Waals surface area contributed by atoms with Crippen LogP contribution in [0.3, 0.4) is 0 Å². The zero-order chi connectivity index (χ0) is 17.3. The van der Waals surface area contributed by atoms with E-state index in [9.17, 15) is 18.3 Å². The van der Waals surface area contributed by atoms with Gasteiger partial charge < -0.3 is 14.7 Å². The van der Waals surface area contributed by atoms with Crippen molar-refractivity contribution in [3.05, 3.63) is 59.4 Å². The summed E-state index contributed by atoms with van der Waals surface area (Å²) in [5.74, 6) is -0.227. The first-order valence-electron chi connectivity index (χ1n) is 6.78. The number of alkyl halides is 3. The zero-order valence-corrected chi connectivity index (χ0v) is 12.1. The highest BCUT2D eigenvalue weighted by Crippen LogP contribution is 2.31. The number of hydrogen-bond acceptors (Lipinski definition) is 3. The monoisotopic (exact) mass is 333 g/mol. The van der Waals surface area contributed by atoms with Crippen LogP contribution in [0.25, 0.3) is 21.4 Å². The summed E-state index contributed by atoms with van der Waals surface area (Å²) in [5, 5.41) is 14.1. The molecule has 0 spiro atoms. The maximum absolute atomic E-state index is 12.2. The van der Waals surface area contributed by atoms with Gasteiger partial charge in [0.25, 0.3) is 0 Å². The van der Waals surface area contributed by atoms with Crippen molar-refractivity contribution in [2.24, 2.45) is 0 Å². The van der Waals surface area contributed by atoms with Crippen LogP contribution in [-0.4, -0.2) is 21.2 Å². The number of halogens is 3. The molecule has 0 saturated carbocycles. The van der Waals surface area contributed by atoms with Crippen LogP contribution in [0, 0.1) is 6.57 Å². The van der Waals surface area contributed by atoms with E-state index in [1.165, 1.54) is 28.9 Å². The molecule has 24 heavy (non-hydrogen) atoms. The Morgan fingerprint density at radius 3 is 2.46 bits per heavy atom. The molecule has 0 atom stereocenters. The lowest BCUT2D eigenvalue weighted by Gasteiger charge is -2.09. The molecule has 3 rings (SSSR count). The standard InChI is InChI=1S/C16H10F3N3O2/c1-20-15-14-10(9-23)3-2-4-13(14)22(21-15)11-5-7-12(8-6-11)24-16(17,18)19/h2-8,23H,9H2. The number of fused-ring (bicyclic) bond motifs is 1. The van der Waals surface area contributed by atoms with E-state index in [1.54, 1.807) is 18.2 Å². The average Bonchev–Trinajstić information content (AvgIpc) is 2.93. The van der Waals surface area contributed by atoms with Gasteiger partial charge in [0.2, 0.25) is 0 Å². The molecule has 1 N–H and O–H groups in total. The van der Waals surface area contributed by atoms with Crippen molar-refractivity contribution in [1.29, 1.82) is 0 Å². The van der Waals surface area contributed by atoms with Gasteiger partial charge in [-0.2, -0.15) is 4.68 Å². The molecule has 0 aliphatic carbocycles. The lowest BCUT2D eigenvalue weighted by atomic mass is 10.1. The van der Waals surface area contributed by atoms with Crippen molar-refractivity contribution in [3.8, 4) is 11.4 Å². The summed E-state index contributed by atoms with van der Waals surface area (Å²) in [6, 6.07) is 10.3. The fourth-order valence-electron chi connectivity index (χ4n) is 2.42. The van der Waals surface area contributed by atoms with Crippen LogP contribution in [0.1, 0.15) is 5.56 Å². The molecule has 8 heteroatoms. The highest BCUT2D eigenvalue weighted by Gasteiger charge is 2.31. The van der Waals surface area contributed by atoms with Gasteiger partial charge in [0.05, 0.1) is 17.8 Å². The number of rotatable bonds is 3. The van der Waals surface area contributed by atoms with E-state index in [0.717, 1.165) is 0 Å². The molecule has 0 bridgehead atoms. The number of benzene rings is 2. The molecule has 0 radical (unpaired) electrons. The van der Waals surface area contributed by atoms with Crippen LogP contribution in [0.2, 0.25) is 0 Å². The Morgan fingerprint density at radius 2 is 1.88 bits per heavy atom. The smallest absolute Gasteiger partial charge is 0.406 e. The van der Waals surface area contributed by atoms with Crippen LogP contribution in [-0.2, 0) is 6.61 Å². The van der Waals surface area contributed by atoms with Crippen molar-refractivity contribution >= 4 is 16.7 Å². The second-order valence-corrected chi connectivity index (χ2v) is 4.86. The molecule has 0 unspecified atom stereocenters. The van der Waals surface area contributed by atoms with Gasteiger partial charge in [-0.1, -0.05) is 18.7 Å². The normalized spacial score (nSPS) is 11.5. The molecule has 0 saturated heterocycles. The van der Waals surface area contributed by atoms with Gasteiger partial charge in [0.15, 0.2) is 0 Å². The minimum atomic E-state index is -4.76. The highest BCUT2D eigenvalue weighted by molar-refractivity contribution is 5.94. The highest BCUT2D eigenvalue weighted by atomic mass is 19.4. The van der Waals surface area contributed by atoms with Crippen molar-refractivity contribution in [2.75, 3.05) is 0 Å². The lowest BCUT2D eigenvalue weighted by Crippen LogP contribution is -2.17. The topological polar surface area (TPSA) is 51.6 Å². The Kier molecular flexibility index (Phi) is 3.87. The summed E-state index contributed by atoms with van der Waals surface area (Å²) in [5.41, 5.74) is 1.61. The van der Waals surface area contributed by atoms with Gasteiger partial charge in [-0.3, -0.25) is 0 Å². The van der Waals surface area contributed by atoms with E-state index in [1.807, 2.05) is 0 Å². The van der Waals surface area contributed by atoms with E-state index in [2.05, 4.69) is 14.7 Å².